The minimum Gasteiger partial charge on any atom is -0.497 e. The Morgan fingerprint density at radius 2 is 1.69 bits per heavy atom. The number of methoxy groups -OCH3 is 1. The smallest absolute Gasteiger partial charge is 0.242 e. The Bertz CT molecular complexity index is 791. The van der Waals surface area contributed by atoms with Crippen LogP contribution in [-0.4, -0.2) is 36.4 Å². The molecule has 0 spiro atoms. The molecule has 0 aromatic heterocycles. The summed E-state index contributed by atoms with van der Waals surface area (Å²) in [5.41, 5.74) is 1.87. The predicted molar refractivity (Wildman–Crippen MR) is 111 cm³/mol. The van der Waals surface area contributed by atoms with E-state index in [9.17, 15) is 14.0 Å². The average Bonchev–Trinajstić information content (AvgIpc) is 2.73. The van der Waals surface area contributed by atoms with E-state index in [1.54, 1.807) is 31.1 Å². The minimum absolute atomic E-state index is 0.0883. The van der Waals surface area contributed by atoms with Gasteiger partial charge in [0.1, 0.15) is 17.6 Å². The summed E-state index contributed by atoms with van der Waals surface area (Å²) >= 11 is 0. The van der Waals surface area contributed by atoms with Crippen LogP contribution in [0.25, 0.3) is 0 Å². The van der Waals surface area contributed by atoms with E-state index in [4.69, 9.17) is 4.74 Å². The lowest BCUT2D eigenvalue weighted by Crippen LogP contribution is -2.47. The zero-order chi connectivity index (χ0) is 21.2. The lowest BCUT2D eigenvalue weighted by Gasteiger charge is -2.28. The maximum absolute atomic E-state index is 13.2. The van der Waals surface area contributed by atoms with Crippen LogP contribution in [-0.2, 0) is 22.6 Å². The first kappa shape index (κ1) is 22.4. The first-order valence-electron chi connectivity index (χ1n) is 9.89. The standard InChI is InChI=1S/C23H29FN2O3/c1-4-5-22(27)26(16-19-6-10-20(24)11-7-19)17(2)23(28)25-15-14-18-8-12-21(29-3)13-9-18/h6-13,17H,4-5,14-16H2,1-3H3,(H,25,28)/t17-/m0/s1. The maximum atomic E-state index is 13.2. The van der Waals surface area contributed by atoms with Gasteiger partial charge in [0.05, 0.1) is 7.11 Å². The van der Waals surface area contributed by atoms with Gasteiger partial charge in [0.15, 0.2) is 0 Å². The Kier molecular flexibility index (Phi) is 8.65. The molecule has 6 heteroatoms. The molecule has 0 aliphatic rings. The van der Waals surface area contributed by atoms with Gasteiger partial charge in [-0.15, -0.1) is 0 Å². The fourth-order valence-corrected chi connectivity index (χ4v) is 3.00. The van der Waals surface area contributed by atoms with Gasteiger partial charge in [0, 0.05) is 19.5 Å². The van der Waals surface area contributed by atoms with Gasteiger partial charge in [-0.3, -0.25) is 9.59 Å². The molecule has 0 bridgehead atoms. The number of ether oxygens (including phenoxy) is 1. The predicted octanol–water partition coefficient (Wildman–Crippen LogP) is 3.71. The van der Waals surface area contributed by atoms with Crippen molar-refractivity contribution in [2.75, 3.05) is 13.7 Å². The van der Waals surface area contributed by atoms with E-state index in [1.807, 2.05) is 31.2 Å². The molecule has 0 unspecified atom stereocenters. The number of hydrogen-bond acceptors (Lipinski definition) is 3. The third kappa shape index (κ3) is 6.89. The van der Waals surface area contributed by atoms with Crippen molar-refractivity contribution in [3.8, 4) is 5.75 Å². The van der Waals surface area contributed by atoms with Crippen molar-refractivity contribution in [2.45, 2.75) is 45.7 Å². The number of nitrogens with zero attached hydrogens (tertiary/aromatic N) is 1. The first-order valence-corrected chi connectivity index (χ1v) is 9.89. The lowest BCUT2D eigenvalue weighted by molar-refractivity contribution is -0.140. The molecule has 2 rings (SSSR count). The molecule has 0 saturated carbocycles. The normalized spacial score (nSPS) is 11.6. The highest BCUT2D eigenvalue weighted by molar-refractivity contribution is 5.87. The summed E-state index contributed by atoms with van der Waals surface area (Å²) in [6.07, 6.45) is 1.75. The Balaban J connectivity index is 1.96. The van der Waals surface area contributed by atoms with Crippen LogP contribution in [0.4, 0.5) is 4.39 Å². The number of amides is 2. The molecule has 0 aliphatic heterocycles. The first-order chi connectivity index (χ1) is 13.9. The van der Waals surface area contributed by atoms with Crippen molar-refractivity contribution in [2.24, 2.45) is 0 Å². The Labute approximate surface area is 171 Å². The van der Waals surface area contributed by atoms with Crippen LogP contribution in [0.3, 0.4) is 0 Å². The van der Waals surface area contributed by atoms with Crippen molar-refractivity contribution >= 4 is 11.8 Å². The molecule has 2 aromatic carbocycles. The van der Waals surface area contributed by atoms with Crippen LogP contribution in [0.2, 0.25) is 0 Å². The largest absolute Gasteiger partial charge is 0.497 e. The highest BCUT2D eigenvalue weighted by Gasteiger charge is 2.25. The second kappa shape index (κ2) is 11.2. The number of nitrogens with one attached hydrogen (secondary N) is 1. The molecule has 0 radical (unpaired) electrons. The maximum Gasteiger partial charge on any atom is 0.242 e. The molecule has 0 saturated heterocycles. The van der Waals surface area contributed by atoms with E-state index < -0.39 is 6.04 Å². The molecule has 2 aromatic rings. The van der Waals surface area contributed by atoms with Gasteiger partial charge in [-0.2, -0.15) is 0 Å². The summed E-state index contributed by atoms with van der Waals surface area (Å²) in [5.74, 6) is 0.168. The summed E-state index contributed by atoms with van der Waals surface area (Å²) in [6.45, 7) is 4.39. The zero-order valence-electron chi connectivity index (χ0n) is 17.3. The third-order valence-electron chi connectivity index (χ3n) is 4.77. The van der Waals surface area contributed by atoms with Crippen molar-refractivity contribution < 1.29 is 18.7 Å². The molecule has 156 valence electrons. The Hall–Kier alpha value is -2.89. The third-order valence-corrected chi connectivity index (χ3v) is 4.77. The quantitative estimate of drug-likeness (QED) is 0.661. The molecule has 0 fully saturated rings. The van der Waals surface area contributed by atoms with Gasteiger partial charge in [0.2, 0.25) is 11.8 Å². The van der Waals surface area contributed by atoms with Crippen LogP contribution >= 0.6 is 0 Å². The summed E-state index contributed by atoms with van der Waals surface area (Å²) in [5, 5.41) is 2.91. The second-order valence-corrected chi connectivity index (χ2v) is 6.96. The molecule has 1 N–H and O–H groups in total. The van der Waals surface area contributed by atoms with Crippen LogP contribution in [0, 0.1) is 5.82 Å². The van der Waals surface area contributed by atoms with E-state index in [-0.39, 0.29) is 24.2 Å². The van der Waals surface area contributed by atoms with E-state index >= 15 is 0 Å². The summed E-state index contributed by atoms with van der Waals surface area (Å²) < 4.78 is 18.3. The zero-order valence-corrected chi connectivity index (χ0v) is 17.3. The monoisotopic (exact) mass is 400 g/mol. The van der Waals surface area contributed by atoms with Crippen LogP contribution in [0.1, 0.15) is 37.8 Å². The SMILES string of the molecule is CCCC(=O)N(Cc1ccc(F)cc1)[C@@H](C)C(=O)NCCc1ccc(OC)cc1. The fourth-order valence-electron chi connectivity index (χ4n) is 3.00. The van der Waals surface area contributed by atoms with Crippen molar-refractivity contribution in [3.05, 3.63) is 65.5 Å². The minimum atomic E-state index is -0.616. The molecule has 0 aliphatic carbocycles. The van der Waals surface area contributed by atoms with E-state index in [0.717, 1.165) is 16.9 Å². The Morgan fingerprint density at radius 1 is 1.07 bits per heavy atom. The van der Waals surface area contributed by atoms with Crippen LogP contribution in [0.5, 0.6) is 5.75 Å². The van der Waals surface area contributed by atoms with Crippen molar-refractivity contribution in [1.29, 1.82) is 0 Å². The highest BCUT2D eigenvalue weighted by Crippen LogP contribution is 2.13. The molecule has 2 amide bonds. The van der Waals surface area contributed by atoms with E-state index in [2.05, 4.69) is 5.32 Å². The van der Waals surface area contributed by atoms with Gasteiger partial charge in [-0.05, 0) is 55.2 Å². The van der Waals surface area contributed by atoms with E-state index in [0.29, 0.717) is 25.8 Å². The van der Waals surface area contributed by atoms with Gasteiger partial charge in [-0.1, -0.05) is 31.2 Å². The van der Waals surface area contributed by atoms with Gasteiger partial charge >= 0.3 is 0 Å². The molecule has 1 atom stereocenters. The molecule has 5 nitrogen and oxygen atoms in total. The number of hydrogen-bond donors (Lipinski definition) is 1. The van der Waals surface area contributed by atoms with Crippen LogP contribution in [0.15, 0.2) is 48.5 Å². The fraction of sp³-hybridized carbons (Fsp3) is 0.391. The second-order valence-electron chi connectivity index (χ2n) is 6.96. The number of halogens is 1. The number of carbonyl (C=O) groups excluding carboxylic acids is 2. The van der Waals surface area contributed by atoms with Crippen molar-refractivity contribution in [3.63, 3.8) is 0 Å². The number of rotatable bonds is 10. The number of carbonyl (C=O) groups is 2. The summed E-state index contributed by atoms with van der Waals surface area (Å²) in [7, 11) is 1.62. The van der Waals surface area contributed by atoms with Gasteiger partial charge in [-0.25, -0.2) is 4.39 Å². The molecule has 29 heavy (non-hydrogen) atoms. The van der Waals surface area contributed by atoms with Gasteiger partial charge in [0.25, 0.3) is 0 Å². The van der Waals surface area contributed by atoms with Crippen molar-refractivity contribution in [1.82, 2.24) is 10.2 Å². The Morgan fingerprint density at radius 3 is 2.28 bits per heavy atom. The molecular weight excluding hydrogens is 371 g/mol. The molecular formula is C23H29FN2O3. The lowest BCUT2D eigenvalue weighted by atomic mass is 10.1. The summed E-state index contributed by atoms with van der Waals surface area (Å²) in [6, 6.07) is 13.1. The number of benzene rings is 2. The summed E-state index contributed by atoms with van der Waals surface area (Å²) in [4.78, 5) is 26.8. The highest BCUT2D eigenvalue weighted by atomic mass is 19.1. The average molecular weight is 400 g/mol. The molecule has 0 heterocycles. The topological polar surface area (TPSA) is 58.6 Å². The van der Waals surface area contributed by atoms with Crippen LogP contribution < -0.4 is 10.1 Å². The van der Waals surface area contributed by atoms with E-state index in [1.165, 1.54) is 12.1 Å². The van der Waals surface area contributed by atoms with Gasteiger partial charge < -0.3 is 15.0 Å².